The van der Waals surface area contributed by atoms with Gasteiger partial charge in [0.2, 0.25) is 10.0 Å². The van der Waals surface area contributed by atoms with Crippen molar-refractivity contribution in [3.63, 3.8) is 0 Å². The van der Waals surface area contributed by atoms with Crippen molar-refractivity contribution >= 4 is 10.0 Å². The van der Waals surface area contributed by atoms with E-state index in [2.05, 4.69) is 34.8 Å². The number of sulfonamides is 1. The molecule has 168 valence electrons. The predicted octanol–water partition coefficient (Wildman–Crippen LogP) is 3.35. The summed E-state index contributed by atoms with van der Waals surface area (Å²) in [5.74, 6) is 1.49. The van der Waals surface area contributed by atoms with Crippen LogP contribution in [0.3, 0.4) is 0 Å². The minimum absolute atomic E-state index is 0.0326. The van der Waals surface area contributed by atoms with Crippen molar-refractivity contribution in [2.75, 3.05) is 26.0 Å². The van der Waals surface area contributed by atoms with Gasteiger partial charge in [0.1, 0.15) is 5.75 Å². The Morgan fingerprint density at radius 1 is 1.20 bits per heavy atom. The Hall–Kier alpha value is -1.41. The highest BCUT2D eigenvalue weighted by Gasteiger charge is 2.30. The summed E-state index contributed by atoms with van der Waals surface area (Å²) in [6.45, 7) is 5.87. The molecule has 1 saturated heterocycles. The van der Waals surface area contributed by atoms with E-state index in [0.717, 1.165) is 57.2 Å². The third-order valence-corrected chi connectivity index (χ3v) is 6.80. The molecule has 0 aromatic heterocycles. The number of nitrogens with one attached hydrogen (secondary N) is 2. The molecular formula is C23H36N2O4S. The fraction of sp³-hybridized carbons (Fsp3) is 0.652. The SMILES string of the molecule is C=CCCOc1ccccc1C1CCC(OCC2NCCCC2NS(C)(=O)=O)CC1. The molecule has 0 bridgehead atoms. The smallest absolute Gasteiger partial charge is 0.209 e. The summed E-state index contributed by atoms with van der Waals surface area (Å²) in [6.07, 6.45) is 10.2. The van der Waals surface area contributed by atoms with Crippen molar-refractivity contribution < 1.29 is 17.9 Å². The summed E-state index contributed by atoms with van der Waals surface area (Å²) in [5.41, 5.74) is 1.30. The fourth-order valence-corrected chi connectivity index (χ4v) is 5.36. The molecule has 7 heteroatoms. The maximum absolute atomic E-state index is 11.6. The predicted molar refractivity (Wildman–Crippen MR) is 120 cm³/mol. The normalized spacial score (nSPS) is 27.5. The Bertz CT molecular complexity index is 775. The first kappa shape index (κ1) is 23.3. The second-order valence-electron chi connectivity index (χ2n) is 8.47. The van der Waals surface area contributed by atoms with Crippen molar-refractivity contribution in [2.45, 2.75) is 69.1 Å². The van der Waals surface area contributed by atoms with E-state index in [-0.39, 0.29) is 18.2 Å². The Labute approximate surface area is 181 Å². The van der Waals surface area contributed by atoms with Crippen molar-refractivity contribution in [3.05, 3.63) is 42.5 Å². The van der Waals surface area contributed by atoms with E-state index < -0.39 is 10.0 Å². The Morgan fingerprint density at radius 3 is 2.70 bits per heavy atom. The van der Waals surface area contributed by atoms with Crippen LogP contribution < -0.4 is 14.8 Å². The van der Waals surface area contributed by atoms with Gasteiger partial charge in [0.25, 0.3) is 0 Å². The fourth-order valence-electron chi connectivity index (χ4n) is 4.53. The van der Waals surface area contributed by atoms with Crippen LogP contribution in [-0.4, -0.2) is 52.6 Å². The standard InChI is InChI=1S/C23H36N2O4S/c1-3-4-16-28-23-10-6-5-8-20(23)18-11-13-19(14-12-18)29-17-22-21(9-7-15-24-22)25-30(2,26)27/h3,5-6,8,10,18-19,21-22,24-25H,1,4,7,9,11-17H2,2H3. The van der Waals surface area contributed by atoms with Gasteiger partial charge in [-0.05, 0) is 69.0 Å². The van der Waals surface area contributed by atoms with Gasteiger partial charge in [0, 0.05) is 12.1 Å². The molecule has 2 N–H and O–H groups in total. The van der Waals surface area contributed by atoms with Crippen molar-refractivity contribution in [3.8, 4) is 5.75 Å². The number of rotatable bonds is 10. The van der Waals surface area contributed by atoms with E-state index in [1.165, 1.54) is 11.8 Å². The van der Waals surface area contributed by atoms with Crippen molar-refractivity contribution in [2.24, 2.45) is 0 Å². The van der Waals surface area contributed by atoms with Gasteiger partial charge >= 0.3 is 0 Å². The lowest BCUT2D eigenvalue weighted by atomic mass is 9.82. The molecule has 2 fully saturated rings. The summed E-state index contributed by atoms with van der Waals surface area (Å²) in [6, 6.07) is 8.30. The zero-order valence-electron chi connectivity index (χ0n) is 18.0. The van der Waals surface area contributed by atoms with Crippen LogP contribution in [0.4, 0.5) is 0 Å². The molecule has 30 heavy (non-hydrogen) atoms. The van der Waals surface area contributed by atoms with Crippen LogP contribution in [0, 0.1) is 0 Å². The lowest BCUT2D eigenvalue weighted by molar-refractivity contribution is 0.00510. The summed E-state index contributed by atoms with van der Waals surface area (Å²) in [4.78, 5) is 0. The first-order valence-electron chi connectivity index (χ1n) is 11.1. The van der Waals surface area contributed by atoms with Gasteiger partial charge < -0.3 is 14.8 Å². The average molecular weight is 437 g/mol. The van der Waals surface area contributed by atoms with Crippen molar-refractivity contribution in [1.29, 1.82) is 0 Å². The van der Waals surface area contributed by atoms with Gasteiger partial charge in [0.05, 0.1) is 25.6 Å². The Balaban J connectivity index is 1.48. The van der Waals surface area contributed by atoms with Gasteiger partial charge in [-0.1, -0.05) is 24.3 Å². The van der Waals surface area contributed by atoms with Crippen LogP contribution in [0.2, 0.25) is 0 Å². The second-order valence-corrected chi connectivity index (χ2v) is 10.2. The average Bonchev–Trinajstić information content (AvgIpc) is 2.73. The highest BCUT2D eigenvalue weighted by atomic mass is 32.2. The van der Waals surface area contributed by atoms with Crippen LogP contribution in [-0.2, 0) is 14.8 Å². The third-order valence-electron chi connectivity index (χ3n) is 6.07. The molecule has 2 atom stereocenters. The lowest BCUT2D eigenvalue weighted by Gasteiger charge is -2.35. The van der Waals surface area contributed by atoms with Gasteiger partial charge in [-0.25, -0.2) is 13.1 Å². The zero-order chi connectivity index (χ0) is 21.4. The Morgan fingerprint density at radius 2 is 1.97 bits per heavy atom. The molecular weight excluding hydrogens is 400 g/mol. The summed E-state index contributed by atoms with van der Waals surface area (Å²) >= 11 is 0. The van der Waals surface area contributed by atoms with Crippen LogP contribution >= 0.6 is 0 Å². The number of piperidine rings is 1. The number of ether oxygens (including phenoxy) is 2. The Kier molecular flexibility index (Phi) is 8.74. The molecule has 1 aromatic carbocycles. The summed E-state index contributed by atoms with van der Waals surface area (Å²) in [5, 5.41) is 3.42. The first-order chi connectivity index (χ1) is 14.5. The monoisotopic (exact) mass is 436 g/mol. The number of hydrogen-bond donors (Lipinski definition) is 2. The number of benzene rings is 1. The van der Waals surface area contributed by atoms with Crippen LogP contribution in [0.25, 0.3) is 0 Å². The molecule has 6 nitrogen and oxygen atoms in total. The van der Waals surface area contributed by atoms with E-state index in [1.54, 1.807) is 0 Å². The molecule has 3 rings (SSSR count). The number of hydrogen-bond acceptors (Lipinski definition) is 5. The summed E-state index contributed by atoms with van der Waals surface area (Å²) in [7, 11) is -3.21. The van der Waals surface area contributed by atoms with Gasteiger partial charge in [-0.2, -0.15) is 0 Å². The lowest BCUT2D eigenvalue weighted by Crippen LogP contribution is -2.55. The van der Waals surface area contributed by atoms with Gasteiger partial charge in [-0.3, -0.25) is 0 Å². The van der Waals surface area contributed by atoms with Crippen LogP contribution in [0.15, 0.2) is 36.9 Å². The van der Waals surface area contributed by atoms with Crippen LogP contribution in [0.1, 0.15) is 56.4 Å². The van der Waals surface area contributed by atoms with E-state index in [4.69, 9.17) is 9.47 Å². The minimum Gasteiger partial charge on any atom is -0.493 e. The molecule has 1 aliphatic heterocycles. The maximum atomic E-state index is 11.6. The first-order valence-corrected chi connectivity index (χ1v) is 13.0. The van der Waals surface area contributed by atoms with E-state index >= 15 is 0 Å². The molecule has 1 saturated carbocycles. The highest BCUT2D eigenvalue weighted by Crippen LogP contribution is 2.38. The molecule has 0 spiro atoms. The zero-order valence-corrected chi connectivity index (χ0v) is 18.8. The third kappa shape index (κ3) is 7.08. The quantitative estimate of drug-likeness (QED) is 0.434. The molecule has 0 radical (unpaired) electrons. The molecule has 1 aromatic rings. The second kappa shape index (κ2) is 11.3. The van der Waals surface area contributed by atoms with Crippen molar-refractivity contribution in [1.82, 2.24) is 10.0 Å². The molecule has 2 unspecified atom stereocenters. The number of para-hydroxylation sites is 1. The van der Waals surface area contributed by atoms with Gasteiger partial charge in [-0.15, -0.1) is 6.58 Å². The molecule has 1 aliphatic carbocycles. The van der Waals surface area contributed by atoms with E-state index in [9.17, 15) is 8.42 Å². The van der Waals surface area contributed by atoms with E-state index in [1.807, 2.05) is 12.1 Å². The van der Waals surface area contributed by atoms with E-state index in [0.29, 0.717) is 19.1 Å². The minimum atomic E-state index is -3.21. The van der Waals surface area contributed by atoms with Crippen LogP contribution in [0.5, 0.6) is 5.75 Å². The summed E-state index contributed by atoms with van der Waals surface area (Å²) < 4.78 is 38.2. The molecule has 0 amide bonds. The van der Waals surface area contributed by atoms with Gasteiger partial charge in [0.15, 0.2) is 0 Å². The largest absolute Gasteiger partial charge is 0.493 e. The molecule has 1 heterocycles. The topological polar surface area (TPSA) is 76.7 Å². The maximum Gasteiger partial charge on any atom is 0.209 e. The molecule has 2 aliphatic rings. The highest BCUT2D eigenvalue weighted by molar-refractivity contribution is 7.88.